The Morgan fingerprint density at radius 2 is 1.16 bits per heavy atom. The molecule has 0 amide bonds. The summed E-state index contributed by atoms with van der Waals surface area (Å²) < 4.78 is 31.1. The average Bonchev–Trinajstić information content (AvgIpc) is 2.91. The van der Waals surface area contributed by atoms with E-state index in [2.05, 4.69) is 0 Å². The predicted octanol–water partition coefficient (Wildman–Crippen LogP) is 2.92. The Labute approximate surface area is 234 Å². The molecule has 1 aromatic carbocycles. The smallest absolute Gasteiger partial charge is 0.338 e. The van der Waals surface area contributed by atoms with E-state index in [1.54, 1.807) is 42.8 Å². The van der Waals surface area contributed by atoms with Crippen LogP contribution in [0.4, 0.5) is 5.69 Å². The van der Waals surface area contributed by atoms with E-state index in [-0.39, 0.29) is 31.6 Å². The Kier molecular flexibility index (Phi) is 20.6. The Bertz CT molecular complexity index is 778. The van der Waals surface area contributed by atoms with Gasteiger partial charge in [0.15, 0.2) is 0 Å². The van der Waals surface area contributed by atoms with Gasteiger partial charge in [0.1, 0.15) is 19.8 Å². The second kappa shape index (κ2) is 22.9. The van der Waals surface area contributed by atoms with Crippen molar-refractivity contribution in [3.05, 3.63) is 29.8 Å². The van der Waals surface area contributed by atoms with Crippen LogP contribution in [0.3, 0.4) is 0 Å². The van der Waals surface area contributed by atoms with Crippen LogP contribution in [0.25, 0.3) is 0 Å². The summed E-state index contributed by atoms with van der Waals surface area (Å²) in [6.07, 6.45) is 0.672. The molecular weight excluding hydrogens is 534 g/mol. The van der Waals surface area contributed by atoms with E-state index in [1.165, 1.54) is 0 Å². The minimum Gasteiger partial charge on any atom is -0.463 e. The van der Waals surface area contributed by atoms with Crippen LogP contribution in [-0.2, 0) is 38.0 Å². The first-order chi connectivity index (χ1) is 18.4. The Balaban J connectivity index is 1.85. The topological polar surface area (TPSA) is 110 Å². The number of methoxy groups -OCH3 is 1. The van der Waals surface area contributed by atoms with Crippen LogP contribution < -0.4 is 4.90 Å². The lowest BCUT2D eigenvalue weighted by molar-refractivity contribution is -0.145. The highest BCUT2D eigenvalue weighted by Gasteiger charge is 2.09. The molecule has 0 bridgehead atoms. The van der Waals surface area contributed by atoms with Gasteiger partial charge in [0.05, 0.1) is 51.4 Å². The molecule has 1 aromatic rings. The molecule has 0 radical (unpaired) electrons. The monoisotopic (exact) mass is 575 g/mol. The van der Waals surface area contributed by atoms with Crippen molar-refractivity contribution in [2.75, 3.05) is 102 Å². The third-order valence-electron chi connectivity index (χ3n) is 4.77. The fourth-order valence-electron chi connectivity index (χ4n) is 2.72. The fourth-order valence-corrected chi connectivity index (χ4v) is 4.23. The van der Waals surface area contributed by atoms with E-state index in [0.717, 1.165) is 17.2 Å². The van der Waals surface area contributed by atoms with Gasteiger partial charge in [0.2, 0.25) is 0 Å². The third kappa shape index (κ3) is 18.3. The summed E-state index contributed by atoms with van der Waals surface area (Å²) in [4.78, 5) is 37.2. The van der Waals surface area contributed by atoms with Crippen LogP contribution in [0.2, 0.25) is 0 Å². The number of nitrogens with zero attached hydrogens (tertiary/aromatic N) is 1. The molecule has 0 unspecified atom stereocenters. The van der Waals surface area contributed by atoms with Crippen molar-refractivity contribution in [1.82, 2.24) is 0 Å². The lowest BCUT2D eigenvalue weighted by atomic mass is 10.2. The molecule has 0 aliphatic heterocycles. The molecule has 0 saturated carbocycles. The van der Waals surface area contributed by atoms with Gasteiger partial charge in [-0.3, -0.25) is 9.59 Å². The van der Waals surface area contributed by atoms with Gasteiger partial charge in [-0.1, -0.05) is 0 Å². The molecule has 0 fully saturated rings. The number of benzene rings is 1. The van der Waals surface area contributed by atoms with Crippen LogP contribution in [0.1, 0.15) is 23.2 Å². The number of hydrogen-bond acceptors (Lipinski definition) is 12. The van der Waals surface area contributed by atoms with E-state index in [0.29, 0.717) is 63.1 Å². The number of esters is 3. The maximum atomic E-state index is 12.0. The molecule has 12 heteroatoms. The van der Waals surface area contributed by atoms with E-state index < -0.39 is 5.97 Å². The minimum atomic E-state index is -0.445. The van der Waals surface area contributed by atoms with Gasteiger partial charge in [-0.25, -0.2) is 4.79 Å². The van der Waals surface area contributed by atoms with Gasteiger partial charge >= 0.3 is 17.9 Å². The van der Waals surface area contributed by atoms with E-state index in [9.17, 15) is 14.4 Å². The van der Waals surface area contributed by atoms with Gasteiger partial charge < -0.3 is 33.3 Å². The molecular formula is C26H41NO9S2. The van der Waals surface area contributed by atoms with Crippen molar-refractivity contribution in [3.63, 3.8) is 0 Å². The molecule has 0 spiro atoms. The van der Waals surface area contributed by atoms with Crippen molar-refractivity contribution in [2.45, 2.75) is 12.8 Å². The highest BCUT2D eigenvalue weighted by Crippen LogP contribution is 2.13. The molecule has 0 aromatic heterocycles. The number of anilines is 1. The predicted molar refractivity (Wildman–Crippen MR) is 150 cm³/mol. The molecule has 0 saturated heterocycles. The number of carbonyl (C=O) groups excluding carboxylic acids is 3. The minimum absolute atomic E-state index is 0.0195. The van der Waals surface area contributed by atoms with Crippen molar-refractivity contribution < 1.29 is 42.8 Å². The van der Waals surface area contributed by atoms with Crippen LogP contribution in [0.5, 0.6) is 0 Å². The highest BCUT2D eigenvalue weighted by atomic mass is 32.2. The largest absolute Gasteiger partial charge is 0.463 e. The van der Waals surface area contributed by atoms with Gasteiger partial charge in [-0.05, 0) is 24.3 Å². The van der Waals surface area contributed by atoms with E-state index in [1.807, 2.05) is 31.1 Å². The molecule has 0 N–H and O–H groups in total. The summed E-state index contributed by atoms with van der Waals surface area (Å²) in [6.45, 7) is 2.97. The summed E-state index contributed by atoms with van der Waals surface area (Å²) in [6, 6.07) is 7.08. The molecule has 1 rings (SSSR count). The second-order valence-electron chi connectivity index (χ2n) is 7.96. The fraction of sp³-hybridized carbons (Fsp3) is 0.654. The standard InChI is InChI=1S/C26H41NO9S2/c1-27(2)23-6-4-22(5-7-23)26(30)36-15-14-35-25(29)9-19-38-21-17-33-12-11-32-16-20-37-18-8-24(28)34-13-10-31-3/h4-7H,8-21H2,1-3H3. The normalized spacial score (nSPS) is 10.7. The number of thioether (sulfide) groups is 2. The van der Waals surface area contributed by atoms with Gasteiger partial charge in [0, 0.05) is 49.9 Å². The molecule has 38 heavy (non-hydrogen) atoms. The Hall–Kier alpha value is -1.99. The third-order valence-corrected chi connectivity index (χ3v) is 6.66. The summed E-state index contributed by atoms with van der Waals surface area (Å²) in [5.74, 6) is 1.95. The second-order valence-corrected chi connectivity index (χ2v) is 10.4. The zero-order valence-corrected chi connectivity index (χ0v) is 24.3. The summed E-state index contributed by atoms with van der Waals surface area (Å²) >= 11 is 3.25. The average molecular weight is 576 g/mol. The van der Waals surface area contributed by atoms with Crippen LogP contribution >= 0.6 is 23.5 Å². The first-order valence-electron chi connectivity index (χ1n) is 12.5. The van der Waals surface area contributed by atoms with Crippen LogP contribution in [0.15, 0.2) is 24.3 Å². The Morgan fingerprint density at radius 1 is 0.658 bits per heavy atom. The molecule has 10 nitrogen and oxygen atoms in total. The lowest BCUT2D eigenvalue weighted by Gasteiger charge is -2.12. The molecule has 0 heterocycles. The maximum absolute atomic E-state index is 12.0. The van der Waals surface area contributed by atoms with E-state index in [4.69, 9.17) is 28.4 Å². The van der Waals surface area contributed by atoms with E-state index >= 15 is 0 Å². The number of rotatable bonds is 23. The van der Waals surface area contributed by atoms with Gasteiger partial charge in [-0.15, -0.1) is 0 Å². The molecule has 0 atom stereocenters. The molecule has 0 aliphatic carbocycles. The summed E-state index contributed by atoms with van der Waals surface area (Å²) in [7, 11) is 5.41. The zero-order chi connectivity index (χ0) is 27.8. The first kappa shape index (κ1) is 34.0. The van der Waals surface area contributed by atoms with Crippen molar-refractivity contribution in [3.8, 4) is 0 Å². The number of carbonyl (C=O) groups is 3. The van der Waals surface area contributed by atoms with Crippen molar-refractivity contribution in [1.29, 1.82) is 0 Å². The van der Waals surface area contributed by atoms with Gasteiger partial charge in [-0.2, -0.15) is 23.5 Å². The number of hydrogen-bond donors (Lipinski definition) is 0. The number of ether oxygens (including phenoxy) is 6. The van der Waals surface area contributed by atoms with Crippen molar-refractivity contribution >= 4 is 47.1 Å². The first-order valence-corrected chi connectivity index (χ1v) is 14.8. The maximum Gasteiger partial charge on any atom is 0.338 e. The summed E-state index contributed by atoms with van der Waals surface area (Å²) in [5, 5.41) is 0. The highest BCUT2D eigenvalue weighted by molar-refractivity contribution is 7.99. The molecule has 216 valence electrons. The molecule has 0 aliphatic rings. The van der Waals surface area contributed by atoms with Gasteiger partial charge in [0.25, 0.3) is 0 Å². The Morgan fingerprint density at radius 3 is 1.66 bits per heavy atom. The van der Waals surface area contributed by atoms with Crippen LogP contribution in [0, 0.1) is 0 Å². The zero-order valence-electron chi connectivity index (χ0n) is 22.6. The quantitative estimate of drug-likeness (QED) is 0.109. The van der Waals surface area contributed by atoms with Crippen molar-refractivity contribution in [2.24, 2.45) is 0 Å². The van der Waals surface area contributed by atoms with Crippen LogP contribution in [-0.4, -0.2) is 115 Å². The lowest BCUT2D eigenvalue weighted by Crippen LogP contribution is -2.15. The SMILES string of the molecule is COCCOC(=O)CCSCCOCCOCCSCCC(=O)OCCOC(=O)c1ccc(N(C)C)cc1. The summed E-state index contributed by atoms with van der Waals surface area (Å²) in [5.41, 5.74) is 1.44.